The van der Waals surface area contributed by atoms with Gasteiger partial charge in [0.15, 0.2) is 5.58 Å². The molecule has 0 spiro atoms. The number of para-hydroxylation sites is 2. The molecule has 0 saturated carbocycles. The smallest absolute Gasteiger partial charge is 0.326 e. The van der Waals surface area contributed by atoms with Crippen LogP contribution >= 0.6 is 11.9 Å². The highest BCUT2D eigenvalue weighted by atomic mass is 32.2. The Morgan fingerprint density at radius 3 is 3.00 bits per heavy atom. The van der Waals surface area contributed by atoms with Gasteiger partial charge in [0.05, 0.1) is 0 Å². The number of nitroso groups, excluding NO2 is 1. The molecule has 1 aromatic heterocycles. The number of carboxylic acid groups (broad SMARTS) is 1. The third-order valence-electron chi connectivity index (χ3n) is 4.00. The molecule has 25 heavy (non-hydrogen) atoms. The Morgan fingerprint density at radius 2 is 2.28 bits per heavy atom. The van der Waals surface area contributed by atoms with Crippen molar-refractivity contribution in [1.29, 1.82) is 0 Å². The number of fused-ring (bicyclic) bond motifs is 1. The number of aliphatic carboxylic acids is 1. The van der Waals surface area contributed by atoms with Gasteiger partial charge in [0.2, 0.25) is 5.91 Å². The van der Waals surface area contributed by atoms with Gasteiger partial charge in [-0.1, -0.05) is 12.1 Å². The summed E-state index contributed by atoms with van der Waals surface area (Å²) in [4.78, 5) is 40.1. The van der Waals surface area contributed by atoms with Crippen molar-refractivity contribution in [2.24, 2.45) is 4.58 Å². The summed E-state index contributed by atoms with van der Waals surface area (Å²) in [6.45, 7) is 0.362. The summed E-state index contributed by atoms with van der Waals surface area (Å²) in [5.74, 6) is -1.40. The maximum atomic E-state index is 12.8. The highest BCUT2D eigenvalue weighted by Crippen LogP contribution is 2.23. The van der Waals surface area contributed by atoms with E-state index in [1.54, 1.807) is 18.2 Å². The van der Waals surface area contributed by atoms with E-state index in [4.69, 9.17) is 4.42 Å². The molecule has 1 amide bonds. The minimum absolute atomic E-state index is 0.0455. The highest BCUT2D eigenvalue weighted by molar-refractivity contribution is 7.97. The Hall–Kier alpha value is -2.62. The van der Waals surface area contributed by atoms with Crippen LogP contribution in [0, 0.1) is 4.91 Å². The first-order chi connectivity index (χ1) is 12.1. The lowest BCUT2D eigenvalue weighted by molar-refractivity contribution is -0.148. The lowest BCUT2D eigenvalue weighted by Gasteiger charge is -2.26. The van der Waals surface area contributed by atoms with Gasteiger partial charge in [0.25, 0.3) is 6.01 Å². The largest absolute Gasteiger partial charge is 0.480 e. The number of amides is 1. The van der Waals surface area contributed by atoms with Gasteiger partial charge in [-0.15, -0.1) is 4.91 Å². The number of likely N-dealkylation sites (tertiary alicyclic amines) is 1. The molecule has 1 aliphatic rings. The molecular formula is C15H16N4O5S. The molecule has 9 nitrogen and oxygen atoms in total. The predicted molar refractivity (Wildman–Crippen MR) is 92.0 cm³/mol. The molecule has 0 unspecified atom stereocenters. The zero-order chi connectivity index (χ0) is 17.8. The van der Waals surface area contributed by atoms with Gasteiger partial charge in [0.1, 0.15) is 17.6 Å². The second-order valence-corrected chi connectivity index (χ2v) is 6.32. The molecule has 0 radical (unpaired) electrons. The highest BCUT2D eigenvalue weighted by Gasteiger charge is 2.37. The first-order valence-electron chi connectivity index (χ1n) is 7.70. The minimum Gasteiger partial charge on any atom is -0.480 e. The SMILES string of the molecule is O=NSC[C@H](Nc1nc2ccccc2o1)C(=O)N1CCC[C@H]1C(=O)O. The lowest BCUT2D eigenvalue weighted by Crippen LogP contribution is -2.48. The van der Waals surface area contributed by atoms with Crippen molar-refractivity contribution in [2.45, 2.75) is 24.9 Å². The number of carbonyl (C=O) groups is 2. The number of benzene rings is 1. The second kappa shape index (κ2) is 7.51. The summed E-state index contributed by atoms with van der Waals surface area (Å²) in [6, 6.07) is 5.54. The molecule has 1 saturated heterocycles. The van der Waals surface area contributed by atoms with Crippen molar-refractivity contribution in [3.63, 3.8) is 0 Å². The van der Waals surface area contributed by atoms with Crippen molar-refractivity contribution in [2.75, 3.05) is 17.6 Å². The molecular weight excluding hydrogens is 348 g/mol. The topological polar surface area (TPSA) is 125 Å². The van der Waals surface area contributed by atoms with Crippen molar-refractivity contribution in [1.82, 2.24) is 9.88 Å². The molecule has 2 atom stereocenters. The molecule has 132 valence electrons. The molecule has 2 aromatic rings. The van der Waals surface area contributed by atoms with E-state index in [-0.39, 0.29) is 11.8 Å². The molecule has 1 fully saturated rings. The van der Waals surface area contributed by atoms with Crippen LogP contribution in [0.25, 0.3) is 11.1 Å². The van der Waals surface area contributed by atoms with Crippen LogP contribution < -0.4 is 5.32 Å². The summed E-state index contributed by atoms with van der Waals surface area (Å²) in [6.07, 6.45) is 1.03. The van der Waals surface area contributed by atoms with Crippen LogP contribution in [0.15, 0.2) is 33.3 Å². The number of hydrogen-bond acceptors (Lipinski definition) is 8. The van der Waals surface area contributed by atoms with Gasteiger partial charge in [-0.3, -0.25) is 4.79 Å². The molecule has 3 rings (SSSR count). The maximum absolute atomic E-state index is 12.8. The number of nitrogens with zero attached hydrogens (tertiary/aromatic N) is 3. The fraction of sp³-hybridized carbons (Fsp3) is 0.400. The van der Waals surface area contributed by atoms with Crippen molar-refractivity contribution in [3.8, 4) is 0 Å². The standard InChI is InChI=1S/C15H16N4O5S/c20-13(19-7-3-5-11(19)14(21)22)10(8-25-18-23)17-15-16-9-4-1-2-6-12(9)24-15/h1-2,4,6,10-11H,3,5,7-8H2,(H,16,17)(H,21,22)/t10-,11-/m0/s1. The quantitative estimate of drug-likeness (QED) is 0.565. The maximum Gasteiger partial charge on any atom is 0.326 e. The second-order valence-electron chi connectivity index (χ2n) is 5.58. The monoisotopic (exact) mass is 364 g/mol. The van der Waals surface area contributed by atoms with Crippen LogP contribution in [0.5, 0.6) is 0 Å². The molecule has 1 aromatic carbocycles. The first-order valence-corrected chi connectivity index (χ1v) is 8.64. The predicted octanol–water partition coefficient (Wildman–Crippen LogP) is 2.10. The Labute approximate surface area is 146 Å². The molecule has 2 heterocycles. The average Bonchev–Trinajstić information content (AvgIpc) is 3.24. The van der Waals surface area contributed by atoms with E-state index in [0.717, 1.165) is 0 Å². The molecule has 0 aliphatic carbocycles. The number of aromatic nitrogens is 1. The zero-order valence-corrected chi connectivity index (χ0v) is 13.9. The Kier molecular flexibility index (Phi) is 5.17. The number of rotatable bonds is 7. The van der Waals surface area contributed by atoms with Gasteiger partial charge < -0.3 is 19.7 Å². The van der Waals surface area contributed by atoms with E-state index >= 15 is 0 Å². The van der Waals surface area contributed by atoms with E-state index in [0.29, 0.717) is 42.4 Å². The molecule has 10 heteroatoms. The van der Waals surface area contributed by atoms with Gasteiger partial charge in [-0.05, 0) is 25.0 Å². The molecule has 1 aliphatic heterocycles. The number of hydrogen-bond donors (Lipinski definition) is 2. The summed E-state index contributed by atoms with van der Waals surface area (Å²) in [7, 11) is 0. The molecule has 2 N–H and O–H groups in total. The number of carboxylic acids is 1. The first kappa shape index (κ1) is 17.2. The summed E-state index contributed by atoms with van der Waals surface area (Å²) in [5.41, 5.74) is 1.18. The Balaban J connectivity index is 1.79. The van der Waals surface area contributed by atoms with Crippen LogP contribution in [0.3, 0.4) is 0 Å². The number of carbonyl (C=O) groups excluding carboxylic acids is 1. The van der Waals surface area contributed by atoms with Crippen LogP contribution in [-0.4, -0.2) is 51.2 Å². The number of oxazole rings is 1. The van der Waals surface area contributed by atoms with E-state index in [1.807, 2.05) is 6.07 Å². The van der Waals surface area contributed by atoms with Gasteiger partial charge in [0, 0.05) is 28.8 Å². The van der Waals surface area contributed by atoms with Crippen LogP contribution in [0.2, 0.25) is 0 Å². The third-order valence-corrected chi connectivity index (χ3v) is 4.59. The lowest BCUT2D eigenvalue weighted by atomic mass is 10.2. The van der Waals surface area contributed by atoms with Crippen molar-refractivity contribution < 1.29 is 19.1 Å². The van der Waals surface area contributed by atoms with Crippen LogP contribution in [0.1, 0.15) is 12.8 Å². The Morgan fingerprint density at radius 1 is 1.48 bits per heavy atom. The van der Waals surface area contributed by atoms with E-state index in [9.17, 15) is 19.6 Å². The fourth-order valence-electron chi connectivity index (χ4n) is 2.85. The third kappa shape index (κ3) is 3.73. The normalized spacial score (nSPS) is 18.2. The number of nitrogens with one attached hydrogen (secondary N) is 1. The number of anilines is 1. The van der Waals surface area contributed by atoms with Crippen LogP contribution in [-0.2, 0) is 9.59 Å². The van der Waals surface area contributed by atoms with E-state index < -0.39 is 24.0 Å². The van der Waals surface area contributed by atoms with Gasteiger partial charge in [-0.25, -0.2) is 4.79 Å². The zero-order valence-electron chi connectivity index (χ0n) is 13.1. The van der Waals surface area contributed by atoms with E-state index in [2.05, 4.69) is 14.9 Å². The summed E-state index contributed by atoms with van der Waals surface area (Å²) < 4.78 is 8.25. The van der Waals surface area contributed by atoms with Gasteiger partial charge in [-0.2, -0.15) is 4.98 Å². The fourth-order valence-corrected chi connectivity index (χ4v) is 3.29. The Bertz CT molecular complexity index is 762. The van der Waals surface area contributed by atoms with Gasteiger partial charge >= 0.3 is 5.97 Å². The summed E-state index contributed by atoms with van der Waals surface area (Å²) >= 11 is 0.682. The van der Waals surface area contributed by atoms with Crippen molar-refractivity contribution >= 4 is 40.9 Å². The van der Waals surface area contributed by atoms with E-state index in [1.165, 1.54) is 4.90 Å². The molecule has 0 bridgehead atoms. The van der Waals surface area contributed by atoms with Crippen LogP contribution in [0.4, 0.5) is 6.01 Å². The van der Waals surface area contributed by atoms with Crippen molar-refractivity contribution in [3.05, 3.63) is 29.2 Å². The average molecular weight is 364 g/mol. The summed E-state index contributed by atoms with van der Waals surface area (Å²) in [5, 5.41) is 12.1. The minimum atomic E-state index is -1.03.